The van der Waals surface area contributed by atoms with E-state index in [1.807, 2.05) is 17.0 Å². The van der Waals surface area contributed by atoms with E-state index in [-0.39, 0.29) is 11.9 Å². The fraction of sp³-hybridized carbons (Fsp3) is 0.467. The Morgan fingerprint density at radius 3 is 2.90 bits per heavy atom. The topological polar surface area (TPSA) is 75.4 Å². The van der Waals surface area contributed by atoms with Crippen LogP contribution in [-0.4, -0.2) is 29.3 Å². The molecule has 2 heterocycles. The summed E-state index contributed by atoms with van der Waals surface area (Å²) in [5.41, 5.74) is 7.86. The molecule has 20 heavy (non-hydrogen) atoms. The number of carbonyl (C=O) groups excluding carboxylic acids is 2. The summed E-state index contributed by atoms with van der Waals surface area (Å²) >= 11 is 0. The molecule has 5 nitrogen and oxygen atoms in total. The first kappa shape index (κ1) is 13.0. The van der Waals surface area contributed by atoms with Gasteiger partial charge in [0.05, 0.1) is 6.04 Å². The second-order valence-corrected chi connectivity index (χ2v) is 5.65. The molecule has 0 radical (unpaired) electrons. The van der Waals surface area contributed by atoms with Gasteiger partial charge >= 0.3 is 0 Å². The highest BCUT2D eigenvalue weighted by Crippen LogP contribution is 2.38. The third-order valence-electron chi connectivity index (χ3n) is 4.16. The van der Waals surface area contributed by atoms with Crippen LogP contribution in [0.1, 0.15) is 48.1 Å². The maximum atomic E-state index is 12.0. The highest BCUT2D eigenvalue weighted by atomic mass is 16.2. The van der Waals surface area contributed by atoms with Crippen LogP contribution in [0.3, 0.4) is 0 Å². The van der Waals surface area contributed by atoms with Crippen LogP contribution >= 0.6 is 0 Å². The van der Waals surface area contributed by atoms with Gasteiger partial charge in [-0.3, -0.25) is 9.59 Å². The van der Waals surface area contributed by atoms with E-state index < -0.39 is 5.91 Å². The van der Waals surface area contributed by atoms with Gasteiger partial charge in [0.25, 0.3) is 0 Å². The van der Waals surface area contributed by atoms with Crippen molar-refractivity contribution in [1.82, 2.24) is 4.90 Å². The van der Waals surface area contributed by atoms with E-state index in [9.17, 15) is 9.59 Å². The third-order valence-corrected chi connectivity index (χ3v) is 4.16. The maximum absolute atomic E-state index is 12.0. The molecule has 0 aliphatic carbocycles. The average Bonchev–Trinajstić information content (AvgIpc) is 2.83. The molecule has 2 atom stereocenters. The predicted molar refractivity (Wildman–Crippen MR) is 76.3 cm³/mol. The minimum absolute atomic E-state index is 0.0514. The van der Waals surface area contributed by atoms with Crippen molar-refractivity contribution >= 4 is 17.5 Å². The van der Waals surface area contributed by atoms with Crippen molar-refractivity contribution in [3.8, 4) is 0 Å². The Hall–Kier alpha value is -2.04. The van der Waals surface area contributed by atoms with Crippen LogP contribution in [0.25, 0.3) is 0 Å². The van der Waals surface area contributed by atoms with Crippen LogP contribution in [0.15, 0.2) is 18.2 Å². The predicted octanol–water partition coefficient (Wildman–Crippen LogP) is 1.65. The number of likely N-dealkylation sites (tertiary alicyclic amines) is 1. The van der Waals surface area contributed by atoms with Crippen LogP contribution < -0.4 is 11.1 Å². The molecule has 0 unspecified atom stereocenters. The van der Waals surface area contributed by atoms with Gasteiger partial charge in [-0.2, -0.15) is 0 Å². The van der Waals surface area contributed by atoms with Crippen molar-refractivity contribution in [2.45, 2.75) is 38.3 Å². The van der Waals surface area contributed by atoms with E-state index in [0.717, 1.165) is 30.6 Å². The smallest absolute Gasteiger partial charge is 0.248 e. The summed E-state index contributed by atoms with van der Waals surface area (Å²) in [4.78, 5) is 25.3. The van der Waals surface area contributed by atoms with E-state index in [4.69, 9.17) is 5.73 Å². The molecule has 5 heteroatoms. The normalized spacial score (nSPS) is 25.2. The molecule has 0 bridgehead atoms. The fourth-order valence-corrected chi connectivity index (χ4v) is 3.20. The first-order chi connectivity index (χ1) is 9.56. The number of carbonyl (C=O) groups is 2. The lowest BCUT2D eigenvalue weighted by Crippen LogP contribution is -2.37. The number of benzene rings is 1. The molecule has 106 valence electrons. The number of nitrogens with one attached hydrogen (secondary N) is 1. The number of hydrogen-bond acceptors (Lipinski definition) is 3. The molecule has 1 aromatic rings. The molecular formula is C15H19N3O2. The van der Waals surface area contributed by atoms with Crippen molar-refractivity contribution in [1.29, 1.82) is 0 Å². The summed E-state index contributed by atoms with van der Waals surface area (Å²) in [7, 11) is 0. The van der Waals surface area contributed by atoms with Crippen LogP contribution in [0.5, 0.6) is 0 Å². The molecule has 3 rings (SSSR count). The number of nitrogens with two attached hydrogens (primary N) is 1. The summed E-state index contributed by atoms with van der Waals surface area (Å²) in [6, 6.07) is 5.80. The quantitative estimate of drug-likeness (QED) is 0.860. The third kappa shape index (κ3) is 2.13. The first-order valence-electron chi connectivity index (χ1n) is 7.06. The molecule has 2 amide bonds. The second-order valence-electron chi connectivity index (χ2n) is 5.65. The summed E-state index contributed by atoms with van der Waals surface area (Å²) in [6.07, 6.45) is 2.41. The SMILES string of the molecule is C[C@@H]1C[C@H](N2CCCC2=O)c2cc(C(N)=O)ccc2N1. The van der Waals surface area contributed by atoms with Gasteiger partial charge in [0, 0.05) is 30.3 Å². The van der Waals surface area contributed by atoms with Crippen molar-refractivity contribution in [2.24, 2.45) is 5.73 Å². The molecular weight excluding hydrogens is 254 g/mol. The molecule has 0 spiro atoms. The Morgan fingerprint density at radius 1 is 1.45 bits per heavy atom. The zero-order chi connectivity index (χ0) is 14.3. The number of fused-ring (bicyclic) bond motifs is 1. The zero-order valence-corrected chi connectivity index (χ0v) is 11.6. The van der Waals surface area contributed by atoms with E-state index in [2.05, 4.69) is 12.2 Å². The van der Waals surface area contributed by atoms with Gasteiger partial charge in [0.15, 0.2) is 0 Å². The highest BCUT2D eigenvalue weighted by Gasteiger charge is 2.34. The first-order valence-corrected chi connectivity index (χ1v) is 7.06. The minimum Gasteiger partial charge on any atom is -0.382 e. The maximum Gasteiger partial charge on any atom is 0.248 e. The summed E-state index contributed by atoms with van der Waals surface area (Å²) in [5.74, 6) is -0.225. The largest absolute Gasteiger partial charge is 0.382 e. The fourth-order valence-electron chi connectivity index (χ4n) is 3.20. The monoisotopic (exact) mass is 273 g/mol. The molecule has 1 fully saturated rings. The van der Waals surface area contributed by atoms with Crippen LogP contribution in [0.4, 0.5) is 5.69 Å². The van der Waals surface area contributed by atoms with Gasteiger partial charge in [-0.05, 0) is 43.5 Å². The molecule has 2 aliphatic rings. The van der Waals surface area contributed by atoms with Crippen LogP contribution in [0, 0.1) is 0 Å². The minimum atomic E-state index is -0.432. The number of rotatable bonds is 2. The van der Waals surface area contributed by atoms with Gasteiger partial charge in [0.1, 0.15) is 0 Å². The van der Waals surface area contributed by atoms with E-state index >= 15 is 0 Å². The van der Waals surface area contributed by atoms with Crippen LogP contribution in [0.2, 0.25) is 0 Å². The summed E-state index contributed by atoms with van der Waals surface area (Å²) in [6.45, 7) is 2.91. The van der Waals surface area contributed by atoms with E-state index in [1.165, 1.54) is 0 Å². The molecule has 0 aromatic heterocycles. The van der Waals surface area contributed by atoms with Crippen molar-refractivity contribution < 1.29 is 9.59 Å². The van der Waals surface area contributed by atoms with Gasteiger partial charge in [-0.15, -0.1) is 0 Å². The lowest BCUT2D eigenvalue weighted by atomic mass is 9.91. The Labute approximate surface area is 118 Å². The summed E-state index contributed by atoms with van der Waals surface area (Å²) < 4.78 is 0. The second kappa shape index (κ2) is 4.81. The van der Waals surface area contributed by atoms with Gasteiger partial charge in [0.2, 0.25) is 11.8 Å². The number of hydrogen-bond donors (Lipinski definition) is 2. The van der Waals surface area contributed by atoms with E-state index in [1.54, 1.807) is 6.07 Å². The Balaban J connectivity index is 2.02. The van der Waals surface area contributed by atoms with E-state index in [0.29, 0.717) is 18.0 Å². The molecule has 1 saturated heterocycles. The molecule has 2 aliphatic heterocycles. The molecule has 1 aromatic carbocycles. The summed E-state index contributed by atoms with van der Waals surface area (Å²) in [5, 5.41) is 3.40. The Kier molecular flexibility index (Phi) is 3.12. The number of anilines is 1. The van der Waals surface area contributed by atoms with Gasteiger partial charge in [-0.1, -0.05) is 0 Å². The van der Waals surface area contributed by atoms with Gasteiger partial charge in [-0.25, -0.2) is 0 Å². The lowest BCUT2D eigenvalue weighted by Gasteiger charge is -2.37. The number of amides is 2. The molecule has 0 saturated carbocycles. The standard InChI is InChI=1S/C15H19N3O2/c1-9-7-13(18-6-2-3-14(18)19)11-8-10(15(16)20)4-5-12(11)17-9/h4-5,8-9,13,17H,2-3,6-7H2,1H3,(H2,16,20)/t9-,13+/m1/s1. The van der Waals surface area contributed by atoms with Gasteiger partial charge < -0.3 is 16.0 Å². The van der Waals surface area contributed by atoms with Crippen molar-refractivity contribution in [3.63, 3.8) is 0 Å². The van der Waals surface area contributed by atoms with Crippen LogP contribution in [-0.2, 0) is 4.79 Å². The number of nitrogens with zero attached hydrogens (tertiary/aromatic N) is 1. The zero-order valence-electron chi connectivity index (χ0n) is 11.6. The Bertz CT molecular complexity index is 570. The lowest BCUT2D eigenvalue weighted by molar-refractivity contribution is -0.130. The highest BCUT2D eigenvalue weighted by molar-refractivity contribution is 5.93. The molecule has 3 N–H and O–H groups in total. The van der Waals surface area contributed by atoms with Crippen molar-refractivity contribution in [3.05, 3.63) is 29.3 Å². The number of primary amides is 1. The Morgan fingerprint density at radius 2 is 2.25 bits per heavy atom. The average molecular weight is 273 g/mol. The van der Waals surface area contributed by atoms with Crippen molar-refractivity contribution in [2.75, 3.05) is 11.9 Å².